The summed E-state index contributed by atoms with van der Waals surface area (Å²) in [5.41, 5.74) is 1.35. The zero-order valence-electron chi connectivity index (χ0n) is 17.0. The van der Waals surface area contributed by atoms with Gasteiger partial charge in [-0.3, -0.25) is 0 Å². The van der Waals surface area contributed by atoms with Crippen molar-refractivity contribution in [1.82, 2.24) is 14.9 Å². The van der Waals surface area contributed by atoms with Crippen LogP contribution in [-0.4, -0.2) is 46.7 Å². The van der Waals surface area contributed by atoms with Crippen LogP contribution in [0, 0.1) is 5.92 Å². The van der Waals surface area contributed by atoms with E-state index in [0.29, 0.717) is 12.0 Å². The van der Waals surface area contributed by atoms with Crippen molar-refractivity contribution in [2.24, 2.45) is 5.92 Å². The second-order valence-electron chi connectivity index (χ2n) is 8.32. The maximum Gasteiger partial charge on any atom is 0.127 e. The third kappa shape index (κ3) is 5.26. The summed E-state index contributed by atoms with van der Waals surface area (Å²) in [4.78, 5) is 11.7. The van der Waals surface area contributed by atoms with Crippen LogP contribution in [0.25, 0.3) is 0 Å². The van der Waals surface area contributed by atoms with Gasteiger partial charge in [0, 0.05) is 31.5 Å². The summed E-state index contributed by atoms with van der Waals surface area (Å²) in [6, 6.07) is 0.790. The highest BCUT2D eigenvalue weighted by molar-refractivity contribution is 5.13. The fourth-order valence-electron chi connectivity index (χ4n) is 4.44. The first-order chi connectivity index (χ1) is 12.7. The summed E-state index contributed by atoms with van der Waals surface area (Å²) in [6.45, 7) is 9.99. The van der Waals surface area contributed by atoms with Gasteiger partial charge in [-0.2, -0.15) is 0 Å². The summed E-state index contributed by atoms with van der Waals surface area (Å²) >= 11 is 0. The molecule has 0 N–H and O–H groups in total. The highest BCUT2D eigenvalue weighted by Gasteiger charge is 2.29. The number of aryl methyl sites for hydroxylation is 1. The standard InChI is InChI=1S/C22H37N3O/c1-4-17(3)26-16-18-10-12-25(13-11-18)21-8-6-19(7-9-21)20-14-23-22(5-2)24-15-20/h14-15,17-19,21H,4-13,16H2,1-3H3/t17?,19-,21-. The zero-order chi connectivity index (χ0) is 18.4. The van der Waals surface area contributed by atoms with E-state index in [0.717, 1.165) is 37.2 Å². The van der Waals surface area contributed by atoms with Crippen LogP contribution in [0.3, 0.4) is 0 Å². The highest BCUT2D eigenvalue weighted by Crippen LogP contribution is 2.35. The lowest BCUT2D eigenvalue weighted by molar-refractivity contribution is 0.0116. The maximum atomic E-state index is 5.96. The molecule has 2 heterocycles. The molecule has 0 aromatic carbocycles. The van der Waals surface area contributed by atoms with Crippen molar-refractivity contribution in [2.45, 2.75) is 90.2 Å². The molecule has 26 heavy (non-hydrogen) atoms. The van der Waals surface area contributed by atoms with Crippen molar-refractivity contribution in [1.29, 1.82) is 0 Å². The zero-order valence-corrected chi connectivity index (χ0v) is 17.0. The van der Waals surface area contributed by atoms with Crippen LogP contribution in [0.2, 0.25) is 0 Å². The van der Waals surface area contributed by atoms with Gasteiger partial charge < -0.3 is 9.64 Å². The molecule has 4 heteroatoms. The van der Waals surface area contributed by atoms with E-state index in [2.05, 4.69) is 48.0 Å². The van der Waals surface area contributed by atoms with E-state index in [9.17, 15) is 0 Å². The molecule has 4 nitrogen and oxygen atoms in total. The van der Waals surface area contributed by atoms with Crippen molar-refractivity contribution in [3.05, 3.63) is 23.8 Å². The van der Waals surface area contributed by atoms with Crippen molar-refractivity contribution < 1.29 is 4.74 Å². The molecule has 146 valence electrons. The molecule has 1 aromatic rings. The summed E-state index contributed by atoms with van der Waals surface area (Å²) in [5, 5.41) is 0. The fraction of sp³-hybridized carbons (Fsp3) is 0.818. The Morgan fingerprint density at radius 1 is 1.04 bits per heavy atom. The molecule has 1 aliphatic carbocycles. The van der Waals surface area contributed by atoms with E-state index in [-0.39, 0.29) is 0 Å². The molecule has 0 spiro atoms. The average Bonchev–Trinajstić information content (AvgIpc) is 2.72. The van der Waals surface area contributed by atoms with Crippen molar-refractivity contribution in [3.63, 3.8) is 0 Å². The van der Waals surface area contributed by atoms with Gasteiger partial charge in [0.1, 0.15) is 5.82 Å². The molecule has 1 saturated carbocycles. The van der Waals surface area contributed by atoms with Gasteiger partial charge in [0.15, 0.2) is 0 Å². The molecule has 1 saturated heterocycles. The first kappa shape index (κ1) is 19.8. The first-order valence-corrected chi connectivity index (χ1v) is 10.9. The second-order valence-corrected chi connectivity index (χ2v) is 8.32. The average molecular weight is 360 g/mol. The molecule has 1 atom stereocenters. The third-order valence-corrected chi connectivity index (χ3v) is 6.57. The van der Waals surface area contributed by atoms with Crippen molar-refractivity contribution in [2.75, 3.05) is 19.7 Å². The van der Waals surface area contributed by atoms with Crippen LogP contribution in [0.15, 0.2) is 12.4 Å². The lowest BCUT2D eigenvalue weighted by atomic mass is 9.81. The van der Waals surface area contributed by atoms with Gasteiger partial charge in [0.25, 0.3) is 0 Å². The van der Waals surface area contributed by atoms with E-state index in [1.54, 1.807) is 0 Å². The summed E-state index contributed by atoms with van der Waals surface area (Å²) < 4.78 is 5.96. The number of aromatic nitrogens is 2. The first-order valence-electron chi connectivity index (χ1n) is 10.9. The lowest BCUT2D eigenvalue weighted by Gasteiger charge is -2.41. The fourth-order valence-corrected chi connectivity index (χ4v) is 4.44. The van der Waals surface area contributed by atoms with E-state index in [1.807, 2.05) is 0 Å². The molecular weight excluding hydrogens is 322 g/mol. The van der Waals surface area contributed by atoms with Crippen molar-refractivity contribution >= 4 is 0 Å². The lowest BCUT2D eigenvalue weighted by Crippen LogP contribution is -2.43. The van der Waals surface area contributed by atoms with Crippen LogP contribution in [0.4, 0.5) is 0 Å². The molecule has 2 fully saturated rings. The van der Waals surface area contributed by atoms with Gasteiger partial charge in [0.2, 0.25) is 0 Å². The van der Waals surface area contributed by atoms with Crippen LogP contribution >= 0.6 is 0 Å². The van der Waals surface area contributed by atoms with Crippen LogP contribution in [0.5, 0.6) is 0 Å². The number of likely N-dealkylation sites (tertiary alicyclic amines) is 1. The van der Waals surface area contributed by atoms with Crippen molar-refractivity contribution in [3.8, 4) is 0 Å². The van der Waals surface area contributed by atoms with E-state index >= 15 is 0 Å². The van der Waals surface area contributed by atoms with Gasteiger partial charge in [-0.05, 0) is 82.4 Å². The van der Waals surface area contributed by atoms with Gasteiger partial charge in [-0.1, -0.05) is 13.8 Å². The van der Waals surface area contributed by atoms with Crippen LogP contribution < -0.4 is 0 Å². The minimum Gasteiger partial charge on any atom is -0.378 e. The Balaban J connectivity index is 1.40. The Morgan fingerprint density at radius 3 is 2.27 bits per heavy atom. The van der Waals surface area contributed by atoms with Crippen LogP contribution in [-0.2, 0) is 11.2 Å². The molecule has 3 rings (SSSR count). The van der Waals surface area contributed by atoms with E-state index in [1.165, 1.54) is 57.2 Å². The Bertz CT molecular complexity index is 517. The van der Waals surface area contributed by atoms with Crippen LogP contribution in [0.1, 0.15) is 83.0 Å². The molecule has 1 aliphatic heterocycles. The number of nitrogens with zero attached hydrogens (tertiary/aromatic N) is 3. The van der Waals surface area contributed by atoms with Gasteiger partial charge in [0.05, 0.1) is 6.10 Å². The minimum atomic E-state index is 0.415. The number of rotatable bonds is 7. The summed E-state index contributed by atoms with van der Waals surface area (Å²) in [7, 11) is 0. The molecule has 0 radical (unpaired) electrons. The predicted molar refractivity (Wildman–Crippen MR) is 106 cm³/mol. The Labute approximate surface area is 159 Å². The smallest absolute Gasteiger partial charge is 0.127 e. The molecule has 0 bridgehead atoms. The molecule has 1 aromatic heterocycles. The van der Waals surface area contributed by atoms with E-state index < -0.39 is 0 Å². The second kappa shape index (κ2) is 9.80. The molecule has 0 amide bonds. The Hall–Kier alpha value is -1.00. The summed E-state index contributed by atoms with van der Waals surface area (Å²) in [6.07, 6.45) is 14.4. The number of hydrogen-bond donors (Lipinski definition) is 0. The Morgan fingerprint density at radius 2 is 1.69 bits per heavy atom. The Kier molecular flexibility index (Phi) is 7.44. The van der Waals surface area contributed by atoms with Gasteiger partial charge in [-0.15, -0.1) is 0 Å². The quantitative estimate of drug-likeness (QED) is 0.713. The number of piperidine rings is 1. The SMILES string of the molecule is CCc1ncc([C@H]2CC[C@H](N3CCC(COC(C)CC)CC3)CC2)cn1. The van der Waals surface area contributed by atoms with E-state index in [4.69, 9.17) is 4.74 Å². The maximum absolute atomic E-state index is 5.96. The largest absolute Gasteiger partial charge is 0.378 e. The highest BCUT2D eigenvalue weighted by atomic mass is 16.5. The predicted octanol–water partition coefficient (Wildman–Crippen LogP) is 4.59. The topological polar surface area (TPSA) is 38.2 Å². The molecular formula is C22H37N3O. The van der Waals surface area contributed by atoms with Gasteiger partial charge in [-0.25, -0.2) is 9.97 Å². The summed E-state index contributed by atoms with van der Waals surface area (Å²) in [5.74, 6) is 2.40. The molecule has 2 aliphatic rings. The normalized spacial score (nSPS) is 26.7. The monoisotopic (exact) mass is 359 g/mol. The third-order valence-electron chi connectivity index (χ3n) is 6.57. The number of ether oxygens (including phenoxy) is 1. The van der Waals surface area contributed by atoms with Gasteiger partial charge >= 0.3 is 0 Å². The minimum absolute atomic E-state index is 0.415. The number of hydrogen-bond acceptors (Lipinski definition) is 4. The molecule has 1 unspecified atom stereocenters.